The third kappa shape index (κ3) is 3.45. The van der Waals surface area contributed by atoms with E-state index < -0.39 is 0 Å². The van der Waals surface area contributed by atoms with Gasteiger partial charge in [-0.1, -0.05) is 36.4 Å². The molecule has 2 aromatic heterocycles. The van der Waals surface area contributed by atoms with Crippen LogP contribution in [0.5, 0.6) is 0 Å². The van der Waals surface area contributed by atoms with E-state index in [1.807, 2.05) is 66.9 Å². The van der Waals surface area contributed by atoms with Gasteiger partial charge in [0.05, 0.1) is 18.3 Å². The van der Waals surface area contributed by atoms with Gasteiger partial charge in [0.1, 0.15) is 18.0 Å². The van der Waals surface area contributed by atoms with Gasteiger partial charge < -0.3 is 9.15 Å². The lowest BCUT2D eigenvalue weighted by atomic mass is 10.2. The second-order valence-electron chi connectivity index (χ2n) is 5.72. The summed E-state index contributed by atoms with van der Waals surface area (Å²) in [6.07, 6.45) is 3.68. The van der Waals surface area contributed by atoms with E-state index in [2.05, 4.69) is 5.10 Å². The molecule has 124 valence electrons. The molecule has 0 unspecified atom stereocenters. The lowest BCUT2D eigenvalue weighted by Gasteiger charge is -2.01. The summed E-state index contributed by atoms with van der Waals surface area (Å²) in [7, 11) is 0. The van der Waals surface area contributed by atoms with Crippen molar-refractivity contribution in [3.63, 3.8) is 0 Å². The minimum atomic E-state index is -0.312. The predicted octanol–water partition coefficient (Wildman–Crippen LogP) is 3.90. The predicted molar refractivity (Wildman–Crippen MR) is 93.3 cm³/mol. The van der Waals surface area contributed by atoms with Gasteiger partial charge in [-0.2, -0.15) is 5.10 Å². The molecule has 0 fully saturated rings. The van der Waals surface area contributed by atoms with Crippen LogP contribution in [0.4, 0.5) is 0 Å². The highest BCUT2D eigenvalue weighted by Gasteiger charge is 2.10. The van der Waals surface area contributed by atoms with E-state index in [0.29, 0.717) is 5.76 Å². The zero-order chi connectivity index (χ0) is 17.1. The summed E-state index contributed by atoms with van der Waals surface area (Å²) < 4.78 is 12.7. The molecule has 0 aliphatic heterocycles. The molecule has 4 aromatic rings. The van der Waals surface area contributed by atoms with Crippen LogP contribution in [0.25, 0.3) is 16.7 Å². The Hall–Kier alpha value is -3.34. The highest BCUT2D eigenvalue weighted by atomic mass is 16.5. The smallest absolute Gasteiger partial charge is 0.310 e. The topological polar surface area (TPSA) is 57.3 Å². The van der Waals surface area contributed by atoms with Gasteiger partial charge in [-0.25, -0.2) is 4.68 Å². The number of para-hydroxylation sites is 2. The van der Waals surface area contributed by atoms with Crippen molar-refractivity contribution in [2.75, 3.05) is 0 Å². The van der Waals surface area contributed by atoms with Gasteiger partial charge in [0, 0.05) is 17.1 Å². The number of ether oxygens (including phenoxy) is 1. The van der Waals surface area contributed by atoms with Crippen LogP contribution < -0.4 is 0 Å². The van der Waals surface area contributed by atoms with Crippen molar-refractivity contribution in [1.29, 1.82) is 0 Å². The van der Waals surface area contributed by atoms with Crippen LogP contribution >= 0.6 is 0 Å². The fourth-order valence-electron chi connectivity index (χ4n) is 2.65. The number of benzene rings is 2. The normalized spacial score (nSPS) is 10.9. The zero-order valence-corrected chi connectivity index (χ0v) is 13.5. The largest absolute Gasteiger partial charge is 0.457 e. The van der Waals surface area contributed by atoms with Crippen LogP contribution in [0.3, 0.4) is 0 Å². The maximum Gasteiger partial charge on any atom is 0.310 e. The van der Waals surface area contributed by atoms with E-state index in [1.54, 1.807) is 10.9 Å². The molecule has 0 aliphatic carbocycles. The lowest BCUT2D eigenvalue weighted by molar-refractivity contribution is -0.144. The Morgan fingerprint density at radius 3 is 2.72 bits per heavy atom. The van der Waals surface area contributed by atoms with Crippen molar-refractivity contribution >= 4 is 16.9 Å². The Kier molecular flexibility index (Phi) is 4.04. The number of rotatable bonds is 5. The second kappa shape index (κ2) is 6.65. The van der Waals surface area contributed by atoms with Crippen LogP contribution in [0.2, 0.25) is 0 Å². The molecule has 0 saturated carbocycles. The molecular weight excluding hydrogens is 316 g/mol. The first-order valence-electron chi connectivity index (χ1n) is 8.00. The summed E-state index contributed by atoms with van der Waals surface area (Å²) in [5.74, 6) is 0.322. The molecule has 2 aromatic carbocycles. The minimum absolute atomic E-state index is 0.125. The summed E-state index contributed by atoms with van der Waals surface area (Å²) in [6, 6.07) is 19.3. The van der Waals surface area contributed by atoms with Gasteiger partial charge in [0.2, 0.25) is 0 Å². The van der Waals surface area contributed by atoms with Crippen LogP contribution in [0.1, 0.15) is 11.3 Å². The molecule has 0 atom stereocenters. The molecule has 0 radical (unpaired) electrons. The van der Waals surface area contributed by atoms with Gasteiger partial charge in [-0.3, -0.25) is 4.79 Å². The Morgan fingerprint density at radius 2 is 1.88 bits per heavy atom. The first-order valence-corrected chi connectivity index (χ1v) is 8.00. The van der Waals surface area contributed by atoms with Crippen LogP contribution in [-0.4, -0.2) is 15.7 Å². The summed E-state index contributed by atoms with van der Waals surface area (Å²) in [5.41, 5.74) is 2.54. The third-order valence-electron chi connectivity index (χ3n) is 3.86. The molecule has 0 aliphatic rings. The number of furan rings is 1. The Labute approximate surface area is 144 Å². The minimum Gasteiger partial charge on any atom is -0.457 e. The van der Waals surface area contributed by atoms with Crippen molar-refractivity contribution in [3.05, 3.63) is 84.4 Å². The molecule has 5 nitrogen and oxygen atoms in total. The average Bonchev–Trinajstić information content (AvgIpc) is 3.27. The summed E-state index contributed by atoms with van der Waals surface area (Å²) in [4.78, 5) is 12.0. The van der Waals surface area contributed by atoms with Gasteiger partial charge >= 0.3 is 5.97 Å². The molecule has 0 saturated heterocycles. The first-order chi connectivity index (χ1) is 12.3. The average molecular weight is 332 g/mol. The molecule has 0 N–H and O–H groups in total. The van der Waals surface area contributed by atoms with Crippen LogP contribution in [0.15, 0.2) is 77.5 Å². The number of hydrogen-bond acceptors (Lipinski definition) is 4. The van der Waals surface area contributed by atoms with E-state index in [-0.39, 0.29) is 19.0 Å². The van der Waals surface area contributed by atoms with Gasteiger partial charge in [0.15, 0.2) is 0 Å². The van der Waals surface area contributed by atoms with Crippen LogP contribution in [-0.2, 0) is 22.6 Å². The highest BCUT2D eigenvalue weighted by molar-refractivity contribution is 5.77. The number of hydrogen-bond donors (Lipinski definition) is 0. The Bertz CT molecular complexity index is 969. The summed E-state index contributed by atoms with van der Waals surface area (Å²) >= 11 is 0. The van der Waals surface area contributed by atoms with E-state index >= 15 is 0 Å². The van der Waals surface area contributed by atoms with Crippen LogP contribution in [0, 0.1) is 0 Å². The van der Waals surface area contributed by atoms with Crippen molar-refractivity contribution in [2.24, 2.45) is 0 Å². The molecule has 0 bridgehead atoms. The SMILES string of the molecule is O=C(Cc1cnn(-c2ccccc2)c1)OCc1cc2ccccc2o1. The molecule has 5 heteroatoms. The van der Waals surface area contributed by atoms with E-state index in [0.717, 1.165) is 22.2 Å². The molecule has 0 spiro atoms. The quantitative estimate of drug-likeness (QED) is 0.520. The summed E-state index contributed by atoms with van der Waals surface area (Å²) in [5, 5.41) is 5.27. The van der Waals surface area contributed by atoms with E-state index in [1.165, 1.54) is 0 Å². The molecule has 2 heterocycles. The standard InChI is InChI=1S/C20H16N2O3/c23-20(24-14-18-11-16-6-4-5-9-19(16)25-18)10-15-12-21-22(13-15)17-7-2-1-3-8-17/h1-9,11-13H,10,14H2. The zero-order valence-electron chi connectivity index (χ0n) is 13.5. The highest BCUT2D eigenvalue weighted by Crippen LogP contribution is 2.19. The van der Waals surface area contributed by atoms with Gasteiger partial charge in [-0.05, 0) is 24.3 Å². The fraction of sp³-hybridized carbons (Fsp3) is 0.100. The monoisotopic (exact) mass is 332 g/mol. The van der Waals surface area contributed by atoms with Gasteiger partial charge in [-0.15, -0.1) is 0 Å². The molecule has 25 heavy (non-hydrogen) atoms. The molecule has 0 amide bonds. The number of fused-ring (bicyclic) bond motifs is 1. The molecule has 4 rings (SSSR count). The van der Waals surface area contributed by atoms with E-state index in [9.17, 15) is 4.79 Å². The number of aromatic nitrogens is 2. The molecular formula is C20H16N2O3. The number of carbonyl (C=O) groups is 1. The summed E-state index contributed by atoms with van der Waals surface area (Å²) in [6.45, 7) is 0.125. The maximum atomic E-state index is 12.0. The Morgan fingerprint density at radius 1 is 1.08 bits per heavy atom. The van der Waals surface area contributed by atoms with Crippen molar-refractivity contribution in [2.45, 2.75) is 13.0 Å². The lowest BCUT2D eigenvalue weighted by Crippen LogP contribution is -2.07. The number of carbonyl (C=O) groups excluding carboxylic acids is 1. The van der Waals surface area contributed by atoms with Crippen molar-refractivity contribution < 1.29 is 13.9 Å². The number of nitrogens with zero attached hydrogens (tertiary/aromatic N) is 2. The first kappa shape index (κ1) is 15.2. The van der Waals surface area contributed by atoms with E-state index in [4.69, 9.17) is 9.15 Å². The third-order valence-corrected chi connectivity index (χ3v) is 3.86. The van der Waals surface area contributed by atoms with Gasteiger partial charge in [0.25, 0.3) is 0 Å². The number of esters is 1. The fourth-order valence-corrected chi connectivity index (χ4v) is 2.65. The second-order valence-corrected chi connectivity index (χ2v) is 5.72. The Balaban J connectivity index is 1.37. The van der Waals surface area contributed by atoms with Crippen molar-refractivity contribution in [1.82, 2.24) is 9.78 Å². The van der Waals surface area contributed by atoms with Crippen molar-refractivity contribution in [3.8, 4) is 5.69 Å². The maximum absolute atomic E-state index is 12.0.